The summed E-state index contributed by atoms with van der Waals surface area (Å²) in [6.07, 6.45) is 4.46. The standard InChI is InChI=1S/C18H29N5O2/c1-13-7-8-17(22-21-13)23-9-3-5-15(12-23)20-14(2)18(24)19-11-16-6-4-10-25-16/h7-8,14-16,20H,3-6,9-12H2,1-2H3,(H,19,24)/t14-,15+,16-/m1/s1. The second kappa shape index (κ2) is 8.58. The quantitative estimate of drug-likeness (QED) is 0.800. The second-order valence-electron chi connectivity index (χ2n) is 7.09. The summed E-state index contributed by atoms with van der Waals surface area (Å²) < 4.78 is 5.55. The Morgan fingerprint density at radius 1 is 1.36 bits per heavy atom. The molecule has 3 heterocycles. The first-order valence-corrected chi connectivity index (χ1v) is 9.32. The van der Waals surface area contributed by atoms with Crippen molar-refractivity contribution in [3.05, 3.63) is 17.8 Å². The van der Waals surface area contributed by atoms with Crippen molar-refractivity contribution in [3.63, 3.8) is 0 Å². The lowest BCUT2D eigenvalue weighted by atomic mass is 10.0. The summed E-state index contributed by atoms with van der Waals surface area (Å²) in [6.45, 7) is 7.12. The third-order valence-corrected chi connectivity index (χ3v) is 4.94. The van der Waals surface area contributed by atoms with Gasteiger partial charge in [0.25, 0.3) is 0 Å². The molecule has 1 amide bonds. The molecule has 2 N–H and O–H groups in total. The molecular weight excluding hydrogens is 318 g/mol. The summed E-state index contributed by atoms with van der Waals surface area (Å²) >= 11 is 0. The van der Waals surface area contributed by atoms with Crippen LogP contribution in [0.5, 0.6) is 0 Å². The summed E-state index contributed by atoms with van der Waals surface area (Å²) in [6, 6.07) is 4.07. The smallest absolute Gasteiger partial charge is 0.236 e. The Hall–Kier alpha value is -1.73. The van der Waals surface area contributed by atoms with Crippen LogP contribution in [0.1, 0.15) is 38.3 Å². The van der Waals surface area contributed by atoms with Crippen LogP contribution in [-0.2, 0) is 9.53 Å². The minimum absolute atomic E-state index is 0.0442. The van der Waals surface area contributed by atoms with Crippen molar-refractivity contribution >= 4 is 11.7 Å². The molecule has 3 rings (SSSR count). The van der Waals surface area contributed by atoms with Gasteiger partial charge in [0.05, 0.1) is 17.8 Å². The largest absolute Gasteiger partial charge is 0.376 e. The van der Waals surface area contributed by atoms with E-state index in [-0.39, 0.29) is 24.1 Å². The van der Waals surface area contributed by atoms with Gasteiger partial charge in [0.15, 0.2) is 5.82 Å². The van der Waals surface area contributed by atoms with E-state index in [1.807, 2.05) is 26.0 Å². The number of ether oxygens (including phenoxy) is 1. The van der Waals surface area contributed by atoms with Gasteiger partial charge in [-0.25, -0.2) is 0 Å². The van der Waals surface area contributed by atoms with E-state index in [1.54, 1.807) is 0 Å². The molecule has 7 heteroatoms. The van der Waals surface area contributed by atoms with Gasteiger partial charge < -0.3 is 20.3 Å². The minimum Gasteiger partial charge on any atom is -0.376 e. The summed E-state index contributed by atoms with van der Waals surface area (Å²) in [5.74, 6) is 0.954. The zero-order valence-corrected chi connectivity index (χ0v) is 15.2. The summed E-state index contributed by atoms with van der Waals surface area (Å²) in [5.41, 5.74) is 0.923. The second-order valence-corrected chi connectivity index (χ2v) is 7.09. The van der Waals surface area contributed by atoms with E-state index in [0.29, 0.717) is 6.54 Å². The molecule has 138 valence electrons. The van der Waals surface area contributed by atoms with E-state index in [0.717, 1.165) is 56.9 Å². The number of aryl methyl sites for hydroxylation is 1. The molecule has 2 fully saturated rings. The third kappa shape index (κ3) is 5.12. The molecule has 7 nitrogen and oxygen atoms in total. The molecule has 0 aliphatic carbocycles. The van der Waals surface area contributed by atoms with Crippen molar-refractivity contribution in [2.24, 2.45) is 0 Å². The molecule has 0 bridgehead atoms. The fourth-order valence-electron chi connectivity index (χ4n) is 3.48. The van der Waals surface area contributed by atoms with Gasteiger partial charge in [-0.1, -0.05) is 0 Å². The first kappa shape index (κ1) is 18.1. The van der Waals surface area contributed by atoms with E-state index >= 15 is 0 Å². The highest BCUT2D eigenvalue weighted by atomic mass is 16.5. The van der Waals surface area contributed by atoms with Crippen molar-refractivity contribution < 1.29 is 9.53 Å². The summed E-state index contributed by atoms with van der Waals surface area (Å²) in [4.78, 5) is 14.5. The Balaban J connectivity index is 1.46. The molecule has 0 unspecified atom stereocenters. The van der Waals surface area contributed by atoms with Gasteiger partial charge in [0, 0.05) is 32.3 Å². The Labute approximate surface area is 149 Å². The molecule has 0 saturated carbocycles. The van der Waals surface area contributed by atoms with Crippen LogP contribution in [0, 0.1) is 6.92 Å². The van der Waals surface area contributed by atoms with Crippen molar-refractivity contribution in [2.75, 3.05) is 31.1 Å². The molecule has 0 radical (unpaired) electrons. The SMILES string of the molecule is Cc1ccc(N2CCC[C@H](N[C@H](C)C(=O)NC[C@H]3CCCO3)C2)nn1. The van der Waals surface area contributed by atoms with Gasteiger partial charge >= 0.3 is 0 Å². The van der Waals surface area contributed by atoms with Crippen molar-refractivity contribution in [2.45, 2.75) is 57.7 Å². The lowest BCUT2D eigenvalue weighted by Crippen LogP contribution is -2.53. The van der Waals surface area contributed by atoms with E-state index in [1.165, 1.54) is 0 Å². The van der Waals surface area contributed by atoms with E-state index in [4.69, 9.17) is 4.74 Å². The monoisotopic (exact) mass is 347 g/mol. The predicted molar refractivity (Wildman–Crippen MR) is 96.6 cm³/mol. The normalized spacial score (nSPS) is 25.0. The minimum atomic E-state index is -0.213. The van der Waals surface area contributed by atoms with Gasteiger partial charge in [-0.3, -0.25) is 4.79 Å². The maximum atomic E-state index is 12.3. The van der Waals surface area contributed by atoms with Crippen LogP contribution in [0.15, 0.2) is 12.1 Å². The first-order chi connectivity index (χ1) is 12.1. The van der Waals surface area contributed by atoms with Crippen LogP contribution in [-0.4, -0.2) is 60.5 Å². The number of nitrogens with one attached hydrogen (secondary N) is 2. The molecule has 2 aliphatic heterocycles. The van der Waals surface area contributed by atoms with Crippen LogP contribution in [0.2, 0.25) is 0 Å². The molecule has 2 aliphatic rings. The van der Waals surface area contributed by atoms with Crippen LogP contribution < -0.4 is 15.5 Å². The number of hydrogen-bond donors (Lipinski definition) is 2. The van der Waals surface area contributed by atoms with Crippen molar-refractivity contribution in [1.82, 2.24) is 20.8 Å². The zero-order chi connectivity index (χ0) is 17.6. The summed E-state index contributed by atoms with van der Waals surface area (Å²) in [7, 11) is 0. The lowest BCUT2D eigenvalue weighted by molar-refractivity contribution is -0.123. The Morgan fingerprint density at radius 3 is 2.96 bits per heavy atom. The van der Waals surface area contributed by atoms with E-state index in [2.05, 4.69) is 25.7 Å². The average molecular weight is 347 g/mol. The number of hydrogen-bond acceptors (Lipinski definition) is 6. The fourth-order valence-corrected chi connectivity index (χ4v) is 3.48. The van der Waals surface area contributed by atoms with Crippen LogP contribution in [0.4, 0.5) is 5.82 Å². The van der Waals surface area contributed by atoms with Gasteiger partial charge in [-0.05, 0) is 51.7 Å². The number of anilines is 1. The zero-order valence-electron chi connectivity index (χ0n) is 15.2. The van der Waals surface area contributed by atoms with Crippen LogP contribution in [0.25, 0.3) is 0 Å². The Bertz CT molecular complexity index is 559. The number of aromatic nitrogens is 2. The maximum absolute atomic E-state index is 12.3. The van der Waals surface area contributed by atoms with E-state index < -0.39 is 0 Å². The number of carbonyl (C=O) groups is 1. The molecule has 3 atom stereocenters. The highest BCUT2D eigenvalue weighted by Crippen LogP contribution is 2.17. The summed E-state index contributed by atoms with van der Waals surface area (Å²) in [5, 5.41) is 14.9. The molecule has 0 spiro atoms. The molecule has 1 aromatic rings. The van der Waals surface area contributed by atoms with Crippen LogP contribution in [0.3, 0.4) is 0 Å². The fraction of sp³-hybridized carbons (Fsp3) is 0.722. The third-order valence-electron chi connectivity index (χ3n) is 4.94. The molecule has 25 heavy (non-hydrogen) atoms. The van der Waals surface area contributed by atoms with Gasteiger partial charge in [-0.2, -0.15) is 5.10 Å². The molecule has 2 saturated heterocycles. The highest BCUT2D eigenvalue weighted by molar-refractivity contribution is 5.81. The Kier molecular flexibility index (Phi) is 6.20. The lowest BCUT2D eigenvalue weighted by Gasteiger charge is -2.35. The number of rotatable bonds is 6. The maximum Gasteiger partial charge on any atom is 0.236 e. The van der Waals surface area contributed by atoms with Crippen LogP contribution >= 0.6 is 0 Å². The number of amides is 1. The van der Waals surface area contributed by atoms with Gasteiger partial charge in [0.2, 0.25) is 5.91 Å². The molecule has 0 aromatic carbocycles. The number of carbonyl (C=O) groups excluding carboxylic acids is 1. The predicted octanol–water partition coefficient (Wildman–Crippen LogP) is 1.03. The van der Waals surface area contributed by atoms with Crippen molar-refractivity contribution in [1.29, 1.82) is 0 Å². The average Bonchev–Trinajstić information content (AvgIpc) is 3.14. The topological polar surface area (TPSA) is 79.4 Å². The first-order valence-electron chi connectivity index (χ1n) is 9.32. The number of nitrogens with zero attached hydrogens (tertiary/aromatic N) is 3. The molecule has 1 aromatic heterocycles. The molecular formula is C18H29N5O2. The highest BCUT2D eigenvalue weighted by Gasteiger charge is 2.25. The number of piperidine rings is 1. The van der Waals surface area contributed by atoms with E-state index in [9.17, 15) is 4.79 Å². The van der Waals surface area contributed by atoms with Gasteiger partial charge in [-0.15, -0.1) is 5.10 Å². The Morgan fingerprint density at radius 2 is 2.24 bits per heavy atom. The van der Waals surface area contributed by atoms with Gasteiger partial charge in [0.1, 0.15) is 0 Å². The van der Waals surface area contributed by atoms with Crippen molar-refractivity contribution in [3.8, 4) is 0 Å².